The highest BCUT2D eigenvalue weighted by Crippen LogP contribution is 2.66. The van der Waals surface area contributed by atoms with Crippen LogP contribution in [0.15, 0.2) is 0 Å². The number of hydrogen-bond acceptors (Lipinski definition) is 0. The van der Waals surface area contributed by atoms with Gasteiger partial charge in [0.2, 0.25) is 0 Å². The molecule has 0 aromatic heterocycles. The van der Waals surface area contributed by atoms with Gasteiger partial charge in [0.1, 0.15) is 4.33 Å². The Kier molecular flexibility index (Phi) is 1.48. The molecule has 0 heterocycles. The van der Waals surface area contributed by atoms with E-state index in [-0.39, 0.29) is 4.33 Å². The molecule has 2 aliphatic rings. The average molecular weight is 179 g/mol. The first-order valence-electron chi connectivity index (χ1n) is 4.00. The molecule has 0 aliphatic heterocycles. The fraction of sp³-hybridized carbons (Fsp3) is 1.00. The van der Waals surface area contributed by atoms with Gasteiger partial charge >= 0.3 is 0 Å². The summed E-state index contributed by atoms with van der Waals surface area (Å²) in [5, 5.41) is 0. The SMILES string of the molecule is CC1CCC2C(C1)C2(Cl)Cl. The van der Waals surface area contributed by atoms with Crippen LogP contribution in [-0.2, 0) is 0 Å². The topological polar surface area (TPSA) is 0 Å². The Hall–Kier alpha value is 0.580. The Morgan fingerprint density at radius 3 is 2.40 bits per heavy atom. The van der Waals surface area contributed by atoms with E-state index >= 15 is 0 Å². The number of rotatable bonds is 0. The zero-order chi connectivity index (χ0) is 7.35. The van der Waals surface area contributed by atoms with Crippen LogP contribution in [0.5, 0.6) is 0 Å². The van der Waals surface area contributed by atoms with Crippen molar-refractivity contribution in [3.8, 4) is 0 Å². The Labute approximate surface area is 71.9 Å². The second-order valence-corrected chi connectivity index (χ2v) is 5.25. The lowest BCUT2D eigenvalue weighted by Gasteiger charge is -2.14. The molecule has 2 saturated carbocycles. The fourth-order valence-electron chi connectivity index (χ4n) is 2.19. The third-order valence-corrected chi connectivity index (χ3v) is 4.11. The van der Waals surface area contributed by atoms with E-state index in [1.807, 2.05) is 0 Å². The molecule has 3 atom stereocenters. The third kappa shape index (κ3) is 0.887. The van der Waals surface area contributed by atoms with Gasteiger partial charge in [0.25, 0.3) is 0 Å². The van der Waals surface area contributed by atoms with Crippen LogP contribution < -0.4 is 0 Å². The van der Waals surface area contributed by atoms with Gasteiger partial charge in [0, 0.05) is 0 Å². The average Bonchev–Trinajstić information content (AvgIpc) is 2.36. The standard InChI is InChI=1S/C8H12Cl2/c1-5-2-3-6-7(4-5)8(6,9)10/h5-7H,2-4H2,1H3. The van der Waals surface area contributed by atoms with Crippen LogP contribution in [0.25, 0.3) is 0 Å². The number of halogens is 2. The van der Waals surface area contributed by atoms with Gasteiger partial charge in [-0.25, -0.2) is 0 Å². The molecule has 0 radical (unpaired) electrons. The van der Waals surface area contributed by atoms with Gasteiger partial charge in [0.15, 0.2) is 0 Å². The molecular formula is C8H12Cl2. The van der Waals surface area contributed by atoms with Gasteiger partial charge < -0.3 is 0 Å². The molecule has 2 rings (SSSR count). The van der Waals surface area contributed by atoms with Crippen molar-refractivity contribution in [1.29, 1.82) is 0 Å². The number of alkyl halides is 2. The molecule has 0 amide bonds. The summed E-state index contributed by atoms with van der Waals surface area (Å²) in [6.45, 7) is 2.29. The molecule has 10 heavy (non-hydrogen) atoms. The van der Waals surface area contributed by atoms with Gasteiger partial charge in [-0.3, -0.25) is 0 Å². The van der Waals surface area contributed by atoms with Crippen LogP contribution in [0.2, 0.25) is 0 Å². The van der Waals surface area contributed by atoms with Crippen molar-refractivity contribution >= 4 is 23.2 Å². The molecule has 0 bridgehead atoms. The van der Waals surface area contributed by atoms with Crippen molar-refractivity contribution in [2.45, 2.75) is 30.5 Å². The minimum atomic E-state index is -0.329. The molecule has 2 fully saturated rings. The summed E-state index contributed by atoms with van der Waals surface area (Å²) in [5.41, 5.74) is 0. The lowest BCUT2D eigenvalue weighted by molar-refractivity contribution is 0.368. The maximum Gasteiger partial charge on any atom is 0.124 e. The van der Waals surface area contributed by atoms with E-state index in [0.717, 1.165) is 5.92 Å². The minimum Gasteiger partial charge on any atom is -0.101 e. The molecule has 3 unspecified atom stereocenters. The smallest absolute Gasteiger partial charge is 0.101 e. The van der Waals surface area contributed by atoms with Crippen LogP contribution in [0.1, 0.15) is 26.2 Å². The predicted molar refractivity (Wildman–Crippen MR) is 44.4 cm³/mol. The Bertz CT molecular complexity index is 153. The molecule has 2 heteroatoms. The second kappa shape index (κ2) is 2.04. The maximum absolute atomic E-state index is 6.04. The van der Waals surface area contributed by atoms with E-state index < -0.39 is 0 Å². The molecule has 0 aromatic rings. The fourth-order valence-corrected chi connectivity index (χ4v) is 3.07. The van der Waals surface area contributed by atoms with Crippen LogP contribution in [0.3, 0.4) is 0 Å². The summed E-state index contributed by atoms with van der Waals surface area (Å²) in [5.74, 6) is 2.10. The summed E-state index contributed by atoms with van der Waals surface area (Å²) in [7, 11) is 0. The molecule has 0 aromatic carbocycles. The highest BCUT2D eigenvalue weighted by Gasteiger charge is 2.63. The monoisotopic (exact) mass is 178 g/mol. The molecule has 0 spiro atoms. The van der Waals surface area contributed by atoms with Crippen LogP contribution >= 0.6 is 23.2 Å². The van der Waals surface area contributed by atoms with Gasteiger partial charge in [-0.1, -0.05) is 13.3 Å². The van der Waals surface area contributed by atoms with E-state index in [1.54, 1.807) is 0 Å². The predicted octanol–water partition coefficient (Wildman–Crippen LogP) is 3.23. The van der Waals surface area contributed by atoms with E-state index in [0.29, 0.717) is 11.8 Å². The van der Waals surface area contributed by atoms with Crippen LogP contribution in [-0.4, -0.2) is 4.33 Å². The van der Waals surface area contributed by atoms with Crippen LogP contribution in [0, 0.1) is 17.8 Å². The van der Waals surface area contributed by atoms with Crippen LogP contribution in [0.4, 0.5) is 0 Å². The van der Waals surface area contributed by atoms with Gasteiger partial charge in [-0.15, -0.1) is 23.2 Å². The van der Waals surface area contributed by atoms with E-state index in [1.165, 1.54) is 19.3 Å². The molecule has 0 N–H and O–H groups in total. The van der Waals surface area contributed by atoms with Gasteiger partial charge in [-0.2, -0.15) is 0 Å². The zero-order valence-electron chi connectivity index (χ0n) is 6.11. The molecule has 0 nitrogen and oxygen atoms in total. The summed E-state index contributed by atoms with van der Waals surface area (Å²) in [6.07, 6.45) is 3.82. The maximum atomic E-state index is 6.04. The number of hydrogen-bond donors (Lipinski definition) is 0. The Balaban J connectivity index is 2.04. The lowest BCUT2D eigenvalue weighted by Crippen LogP contribution is -2.03. The zero-order valence-corrected chi connectivity index (χ0v) is 7.62. The summed E-state index contributed by atoms with van der Waals surface area (Å²) in [6, 6.07) is 0. The largest absolute Gasteiger partial charge is 0.124 e. The number of fused-ring (bicyclic) bond motifs is 1. The highest BCUT2D eigenvalue weighted by atomic mass is 35.5. The second-order valence-electron chi connectivity index (χ2n) is 3.81. The Morgan fingerprint density at radius 1 is 1.20 bits per heavy atom. The van der Waals surface area contributed by atoms with Crippen molar-refractivity contribution in [2.75, 3.05) is 0 Å². The molecule has 58 valence electrons. The summed E-state index contributed by atoms with van der Waals surface area (Å²) in [4.78, 5) is 0. The van der Waals surface area contributed by atoms with E-state index in [4.69, 9.17) is 23.2 Å². The molecular weight excluding hydrogens is 167 g/mol. The van der Waals surface area contributed by atoms with Crippen molar-refractivity contribution in [3.05, 3.63) is 0 Å². The first kappa shape index (κ1) is 7.24. The normalized spacial score (nSPS) is 50.1. The summed E-state index contributed by atoms with van der Waals surface area (Å²) >= 11 is 12.1. The van der Waals surface area contributed by atoms with E-state index in [2.05, 4.69) is 6.92 Å². The first-order chi connectivity index (χ1) is 4.62. The van der Waals surface area contributed by atoms with Crippen molar-refractivity contribution in [3.63, 3.8) is 0 Å². The molecule has 2 aliphatic carbocycles. The molecule has 0 saturated heterocycles. The van der Waals surface area contributed by atoms with Crippen molar-refractivity contribution in [1.82, 2.24) is 0 Å². The Morgan fingerprint density at radius 2 is 1.90 bits per heavy atom. The van der Waals surface area contributed by atoms with Gasteiger partial charge in [-0.05, 0) is 30.6 Å². The first-order valence-corrected chi connectivity index (χ1v) is 4.75. The summed E-state index contributed by atoms with van der Waals surface area (Å²) < 4.78 is -0.329. The third-order valence-electron chi connectivity index (χ3n) is 2.99. The quantitative estimate of drug-likeness (QED) is 0.501. The van der Waals surface area contributed by atoms with Crippen molar-refractivity contribution < 1.29 is 0 Å². The van der Waals surface area contributed by atoms with E-state index in [9.17, 15) is 0 Å². The lowest BCUT2D eigenvalue weighted by atomic mass is 9.91. The van der Waals surface area contributed by atoms with Gasteiger partial charge in [0.05, 0.1) is 0 Å². The van der Waals surface area contributed by atoms with Crippen molar-refractivity contribution in [2.24, 2.45) is 17.8 Å². The minimum absolute atomic E-state index is 0.329. The highest BCUT2D eigenvalue weighted by molar-refractivity contribution is 6.51.